The van der Waals surface area contributed by atoms with Crippen molar-refractivity contribution in [2.75, 3.05) is 4.90 Å². The predicted molar refractivity (Wildman–Crippen MR) is 108 cm³/mol. The summed E-state index contributed by atoms with van der Waals surface area (Å²) in [5.41, 5.74) is -0.137. The summed E-state index contributed by atoms with van der Waals surface area (Å²) in [7, 11) is 0. The maximum absolute atomic E-state index is 12.9. The van der Waals surface area contributed by atoms with Crippen molar-refractivity contribution < 1.29 is 24.0 Å². The monoisotopic (exact) mass is 424 g/mol. The Morgan fingerprint density at radius 2 is 1.87 bits per heavy atom. The first kappa shape index (κ1) is 19.4. The molecular formula is C21H13ClN2O6. The number of Topliss-reactive ketones (excluding diaryl/α,β-unsaturated/α-hetero) is 1. The van der Waals surface area contributed by atoms with Gasteiger partial charge < -0.3 is 9.52 Å². The first-order chi connectivity index (χ1) is 14.4. The molecule has 0 radical (unpaired) electrons. The van der Waals surface area contributed by atoms with Crippen LogP contribution in [0.1, 0.15) is 17.4 Å². The number of aliphatic hydroxyl groups excluding tert-OH is 1. The third-order valence-corrected chi connectivity index (χ3v) is 4.91. The number of rotatable bonds is 4. The molecule has 2 heterocycles. The van der Waals surface area contributed by atoms with Crippen molar-refractivity contribution in [3.8, 4) is 0 Å². The number of nitrogens with zero attached hydrogens (tertiary/aromatic N) is 2. The van der Waals surface area contributed by atoms with Gasteiger partial charge in [-0.15, -0.1) is 0 Å². The van der Waals surface area contributed by atoms with Crippen molar-refractivity contribution in [2.24, 2.45) is 0 Å². The number of carbonyl (C=O) groups excluding carboxylic acids is 2. The van der Waals surface area contributed by atoms with Crippen LogP contribution in [-0.4, -0.2) is 21.7 Å². The minimum absolute atomic E-state index is 0.0323. The Balaban J connectivity index is 1.93. The summed E-state index contributed by atoms with van der Waals surface area (Å²) in [6.45, 7) is 0. The van der Waals surface area contributed by atoms with Gasteiger partial charge in [-0.3, -0.25) is 24.6 Å². The SMILES string of the molecule is O=C1C(=O)N(c2cccc(Cl)c2)C(c2ccco2)/C1=C(/O)c1cccc([N+](=O)[O-])c1. The van der Waals surface area contributed by atoms with E-state index in [0.29, 0.717) is 10.7 Å². The molecule has 1 atom stereocenters. The average Bonchev–Trinajstić information content (AvgIpc) is 3.35. The fraction of sp³-hybridized carbons (Fsp3) is 0.0476. The van der Waals surface area contributed by atoms with Gasteiger partial charge in [-0.05, 0) is 30.3 Å². The van der Waals surface area contributed by atoms with Crippen molar-refractivity contribution >= 4 is 40.4 Å². The van der Waals surface area contributed by atoms with Crippen LogP contribution in [-0.2, 0) is 9.59 Å². The third kappa shape index (κ3) is 3.23. The average molecular weight is 425 g/mol. The summed E-state index contributed by atoms with van der Waals surface area (Å²) in [6, 6.07) is 13.6. The molecular weight excluding hydrogens is 412 g/mol. The topological polar surface area (TPSA) is 114 Å². The second kappa shape index (κ2) is 7.49. The Hall–Kier alpha value is -3.91. The van der Waals surface area contributed by atoms with Crippen LogP contribution in [0.2, 0.25) is 5.02 Å². The van der Waals surface area contributed by atoms with Gasteiger partial charge in [0.25, 0.3) is 17.4 Å². The first-order valence-electron chi connectivity index (χ1n) is 8.73. The number of benzene rings is 2. The van der Waals surface area contributed by atoms with Crippen molar-refractivity contribution in [1.82, 2.24) is 0 Å². The summed E-state index contributed by atoms with van der Waals surface area (Å²) in [5, 5.41) is 22.3. The number of nitro benzene ring substituents is 1. The lowest BCUT2D eigenvalue weighted by Crippen LogP contribution is -2.29. The van der Waals surface area contributed by atoms with Gasteiger partial charge in [0.1, 0.15) is 17.6 Å². The Kier molecular flexibility index (Phi) is 4.85. The Morgan fingerprint density at radius 3 is 2.53 bits per heavy atom. The number of furan rings is 1. The molecule has 2 aromatic carbocycles. The third-order valence-electron chi connectivity index (χ3n) is 4.67. The van der Waals surface area contributed by atoms with Crippen molar-refractivity contribution in [1.29, 1.82) is 0 Å². The number of carbonyl (C=O) groups is 2. The molecule has 1 saturated heterocycles. The first-order valence-corrected chi connectivity index (χ1v) is 9.11. The largest absolute Gasteiger partial charge is 0.507 e. The van der Waals surface area contributed by atoms with E-state index in [1.807, 2.05) is 0 Å². The molecule has 9 heteroatoms. The minimum Gasteiger partial charge on any atom is -0.507 e. The summed E-state index contributed by atoms with van der Waals surface area (Å²) >= 11 is 6.05. The molecule has 1 N–H and O–H groups in total. The van der Waals surface area contributed by atoms with Gasteiger partial charge in [0.05, 0.1) is 16.8 Å². The van der Waals surface area contributed by atoms with Gasteiger partial charge >= 0.3 is 0 Å². The smallest absolute Gasteiger partial charge is 0.300 e. The molecule has 0 aliphatic carbocycles. The number of halogens is 1. The lowest BCUT2D eigenvalue weighted by atomic mass is 9.99. The highest BCUT2D eigenvalue weighted by molar-refractivity contribution is 6.51. The Labute approximate surface area is 174 Å². The lowest BCUT2D eigenvalue weighted by molar-refractivity contribution is -0.384. The fourth-order valence-corrected chi connectivity index (χ4v) is 3.55. The summed E-state index contributed by atoms with van der Waals surface area (Å²) in [5.74, 6) is -2.13. The van der Waals surface area contributed by atoms with E-state index in [0.717, 1.165) is 6.07 Å². The highest BCUT2D eigenvalue weighted by Crippen LogP contribution is 2.42. The number of nitro groups is 1. The van der Waals surface area contributed by atoms with E-state index in [4.69, 9.17) is 16.0 Å². The molecule has 1 unspecified atom stereocenters. The number of ketones is 1. The predicted octanol–water partition coefficient (Wildman–Crippen LogP) is 4.47. The number of non-ortho nitro benzene ring substituents is 1. The second-order valence-corrected chi connectivity index (χ2v) is 6.91. The minimum atomic E-state index is -1.07. The van der Waals surface area contributed by atoms with E-state index in [9.17, 15) is 24.8 Å². The molecule has 8 nitrogen and oxygen atoms in total. The molecule has 150 valence electrons. The van der Waals surface area contributed by atoms with E-state index in [1.54, 1.807) is 30.3 Å². The highest BCUT2D eigenvalue weighted by atomic mass is 35.5. The molecule has 3 aromatic rings. The highest BCUT2D eigenvalue weighted by Gasteiger charge is 2.48. The van der Waals surface area contributed by atoms with Gasteiger partial charge in [-0.2, -0.15) is 0 Å². The maximum atomic E-state index is 12.9. The zero-order chi connectivity index (χ0) is 21.4. The summed E-state index contributed by atoms with van der Waals surface area (Å²) < 4.78 is 5.44. The molecule has 1 aromatic heterocycles. The van der Waals surface area contributed by atoms with Crippen LogP contribution < -0.4 is 4.90 Å². The molecule has 1 aliphatic heterocycles. The fourth-order valence-electron chi connectivity index (χ4n) is 3.36. The molecule has 1 amide bonds. The number of amides is 1. The van der Waals surface area contributed by atoms with E-state index in [1.165, 1.54) is 35.4 Å². The van der Waals surface area contributed by atoms with Crippen LogP contribution in [0.25, 0.3) is 5.76 Å². The molecule has 30 heavy (non-hydrogen) atoms. The van der Waals surface area contributed by atoms with Crippen LogP contribution in [0.15, 0.2) is 76.9 Å². The molecule has 1 aliphatic rings. The van der Waals surface area contributed by atoms with Crippen LogP contribution in [0, 0.1) is 10.1 Å². The summed E-state index contributed by atoms with van der Waals surface area (Å²) in [6.07, 6.45) is 1.38. The van der Waals surface area contributed by atoms with Gasteiger partial charge in [-0.25, -0.2) is 0 Å². The number of aliphatic hydroxyl groups is 1. The second-order valence-electron chi connectivity index (χ2n) is 6.47. The quantitative estimate of drug-likeness (QED) is 0.217. The molecule has 4 rings (SSSR count). The molecule has 0 bridgehead atoms. The van der Waals surface area contributed by atoms with Crippen LogP contribution >= 0.6 is 11.6 Å². The van der Waals surface area contributed by atoms with Crippen molar-refractivity contribution in [3.05, 3.63) is 99.0 Å². The number of hydrogen-bond donors (Lipinski definition) is 1. The van der Waals surface area contributed by atoms with E-state index in [2.05, 4.69) is 0 Å². The molecule has 1 fully saturated rings. The normalized spacial score (nSPS) is 18.0. The van der Waals surface area contributed by atoms with Crippen molar-refractivity contribution in [2.45, 2.75) is 6.04 Å². The van der Waals surface area contributed by atoms with Gasteiger partial charge in [0, 0.05) is 28.4 Å². The van der Waals surface area contributed by atoms with Crippen molar-refractivity contribution in [3.63, 3.8) is 0 Å². The van der Waals surface area contributed by atoms with Crippen LogP contribution in [0.3, 0.4) is 0 Å². The molecule has 0 spiro atoms. The van der Waals surface area contributed by atoms with E-state index >= 15 is 0 Å². The maximum Gasteiger partial charge on any atom is 0.300 e. The number of anilines is 1. The van der Waals surface area contributed by atoms with Crippen LogP contribution in [0.4, 0.5) is 11.4 Å². The Morgan fingerprint density at radius 1 is 1.10 bits per heavy atom. The standard InChI is InChI=1S/C21H13ClN2O6/c22-13-5-2-6-14(11-13)23-18(16-8-3-9-30-16)17(20(26)21(23)27)19(25)12-4-1-7-15(10-12)24(28)29/h1-11,18,25H/b19-17-. The van der Waals surface area contributed by atoms with Gasteiger partial charge in [-0.1, -0.05) is 29.8 Å². The molecule has 0 saturated carbocycles. The number of hydrogen-bond acceptors (Lipinski definition) is 6. The zero-order valence-corrected chi connectivity index (χ0v) is 15.9. The van der Waals surface area contributed by atoms with Gasteiger partial charge in [0.15, 0.2) is 0 Å². The van der Waals surface area contributed by atoms with E-state index < -0.39 is 28.4 Å². The Bertz CT molecular complexity index is 1200. The van der Waals surface area contributed by atoms with Gasteiger partial charge in [0.2, 0.25) is 0 Å². The lowest BCUT2D eigenvalue weighted by Gasteiger charge is -2.23. The van der Waals surface area contributed by atoms with E-state index in [-0.39, 0.29) is 22.6 Å². The summed E-state index contributed by atoms with van der Waals surface area (Å²) in [4.78, 5) is 37.4. The zero-order valence-electron chi connectivity index (χ0n) is 15.2. The van der Waals surface area contributed by atoms with Crippen LogP contribution in [0.5, 0.6) is 0 Å².